The summed E-state index contributed by atoms with van der Waals surface area (Å²) < 4.78 is 16.3. The molecule has 0 spiro atoms. The summed E-state index contributed by atoms with van der Waals surface area (Å²) in [4.78, 5) is 14.5. The Bertz CT molecular complexity index is 857. The number of amides is 1. The second kappa shape index (κ2) is 7.19. The summed E-state index contributed by atoms with van der Waals surface area (Å²) in [6.45, 7) is 0.108. The van der Waals surface area contributed by atoms with Gasteiger partial charge in [0, 0.05) is 17.4 Å². The Labute approximate surface area is 151 Å². The second-order valence-electron chi connectivity index (χ2n) is 5.70. The van der Waals surface area contributed by atoms with Gasteiger partial charge in [0.25, 0.3) is 5.91 Å². The SMILES string of the molecule is O=C(COc1ccc2c(c1)OCO2)N(c1ccccc1)c1ccccc1. The predicted molar refractivity (Wildman–Crippen MR) is 98.1 cm³/mol. The molecule has 1 amide bonds. The summed E-state index contributed by atoms with van der Waals surface area (Å²) in [6, 6.07) is 24.3. The first-order valence-electron chi connectivity index (χ1n) is 8.27. The molecule has 3 aromatic carbocycles. The van der Waals surface area contributed by atoms with Crippen LogP contribution in [0.5, 0.6) is 17.2 Å². The zero-order chi connectivity index (χ0) is 17.8. The number of carbonyl (C=O) groups excluding carboxylic acids is 1. The van der Waals surface area contributed by atoms with Crippen molar-refractivity contribution in [2.45, 2.75) is 0 Å². The summed E-state index contributed by atoms with van der Waals surface area (Å²) in [7, 11) is 0. The molecule has 0 N–H and O–H groups in total. The lowest BCUT2D eigenvalue weighted by Gasteiger charge is -2.23. The number of ether oxygens (including phenoxy) is 3. The lowest BCUT2D eigenvalue weighted by Crippen LogP contribution is -2.30. The molecule has 130 valence electrons. The monoisotopic (exact) mass is 347 g/mol. The molecule has 0 bridgehead atoms. The van der Waals surface area contributed by atoms with Crippen LogP contribution >= 0.6 is 0 Å². The van der Waals surface area contributed by atoms with Crippen molar-refractivity contribution in [3.05, 3.63) is 78.9 Å². The minimum Gasteiger partial charge on any atom is -0.484 e. The van der Waals surface area contributed by atoms with Crippen molar-refractivity contribution < 1.29 is 19.0 Å². The minimum absolute atomic E-state index is 0.0938. The Balaban J connectivity index is 1.53. The molecule has 5 nitrogen and oxygen atoms in total. The highest BCUT2D eigenvalue weighted by Crippen LogP contribution is 2.35. The van der Waals surface area contributed by atoms with Crippen LogP contribution in [0.15, 0.2) is 78.9 Å². The first kappa shape index (κ1) is 16.0. The Morgan fingerprint density at radius 1 is 0.846 bits per heavy atom. The molecule has 0 aliphatic carbocycles. The largest absolute Gasteiger partial charge is 0.484 e. The molecule has 0 radical (unpaired) electrons. The molecular formula is C21H17NO4. The fourth-order valence-electron chi connectivity index (χ4n) is 2.77. The van der Waals surface area contributed by atoms with E-state index in [-0.39, 0.29) is 19.3 Å². The summed E-state index contributed by atoms with van der Waals surface area (Å²) in [5.41, 5.74) is 1.58. The van der Waals surface area contributed by atoms with E-state index in [4.69, 9.17) is 14.2 Å². The summed E-state index contributed by atoms with van der Waals surface area (Å²) in [5.74, 6) is 1.69. The van der Waals surface area contributed by atoms with Crippen molar-refractivity contribution in [3.63, 3.8) is 0 Å². The lowest BCUT2D eigenvalue weighted by molar-refractivity contribution is -0.119. The number of nitrogens with zero attached hydrogens (tertiary/aromatic N) is 1. The van der Waals surface area contributed by atoms with Gasteiger partial charge in [0.15, 0.2) is 18.1 Å². The van der Waals surface area contributed by atoms with Crippen LogP contribution in [0.4, 0.5) is 11.4 Å². The molecule has 0 saturated heterocycles. The molecule has 4 rings (SSSR count). The number of hydrogen-bond donors (Lipinski definition) is 0. The Hall–Kier alpha value is -3.47. The smallest absolute Gasteiger partial charge is 0.269 e. The maximum absolute atomic E-state index is 12.9. The van der Waals surface area contributed by atoms with Crippen LogP contribution in [-0.4, -0.2) is 19.3 Å². The molecule has 1 aliphatic rings. The average molecular weight is 347 g/mol. The number of anilines is 2. The Morgan fingerprint density at radius 2 is 1.46 bits per heavy atom. The van der Waals surface area contributed by atoms with Crippen molar-refractivity contribution in [3.8, 4) is 17.2 Å². The number of para-hydroxylation sites is 2. The maximum Gasteiger partial charge on any atom is 0.269 e. The molecule has 0 saturated carbocycles. The summed E-state index contributed by atoms with van der Waals surface area (Å²) >= 11 is 0. The molecule has 26 heavy (non-hydrogen) atoms. The van der Waals surface area contributed by atoms with Crippen LogP contribution in [0, 0.1) is 0 Å². The molecule has 0 aromatic heterocycles. The van der Waals surface area contributed by atoms with Crippen LogP contribution in [-0.2, 0) is 4.79 Å². The van der Waals surface area contributed by atoms with E-state index in [1.54, 1.807) is 23.1 Å². The van der Waals surface area contributed by atoms with Gasteiger partial charge >= 0.3 is 0 Å². The van der Waals surface area contributed by atoms with E-state index in [0.29, 0.717) is 17.2 Å². The van der Waals surface area contributed by atoms with Gasteiger partial charge in [-0.3, -0.25) is 9.69 Å². The lowest BCUT2D eigenvalue weighted by atomic mass is 10.2. The highest BCUT2D eigenvalue weighted by atomic mass is 16.7. The van der Waals surface area contributed by atoms with Crippen LogP contribution in [0.3, 0.4) is 0 Å². The molecule has 1 heterocycles. The Kier molecular flexibility index (Phi) is 4.43. The van der Waals surface area contributed by atoms with Crippen molar-refractivity contribution in [2.24, 2.45) is 0 Å². The molecule has 1 aliphatic heterocycles. The maximum atomic E-state index is 12.9. The fourth-order valence-corrected chi connectivity index (χ4v) is 2.77. The highest BCUT2D eigenvalue weighted by molar-refractivity contribution is 6.01. The third kappa shape index (κ3) is 3.32. The van der Waals surface area contributed by atoms with E-state index in [9.17, 15) is 4.79 Å². The number of rotatable bonds is 5. The van der Waals surface area contributed by atoms with Gasteiger partial charge in [0.2, 0.25) is 6.79 Å². The van der Waals surface area contributed by atoms with Crippen molar-refractivity contribution >= 4 is 17.3 Å². The van der Waals surface area contributed by atoms with Crippen LogP contribution < -0.4 is 19.1 Å². The Morgan fingerprint density at radius 3 is 2.12 bits per heavy atom. The third-order valence-electron chi connectivity index (χ3n) is 3.98. The standard InChI is InChI=1S/C21H17NO4/c23-21(14-24-18-11-12-19-20(13-18)26-15-25-19)22(16-7-3-1-4-8-16)17-9-5-2-6-10-17/h1-13H,14-15H2. The van der Waals surface area contributed by atoms with Gasteiger partial charge in [-0.05, 0) is 36.4 Å². The summed E-state index contributed by atoms with van der Waals surface area (Å²) in [6.07, 6.45) is 0. The second-order valence-corrected chi connectivity index (χ2v) is 5.70. The number of fused-ring (bicyclic) bond motifs is 1. The molecular weight excluding hydrogens is 330 g/mol. The van der Waals surface area contributed by atoms with Crippen LogP contribution in [0.2, 0.25) is 0 Å². The van der Waals surface area contributed by atoms with Crippen molar-refractivity contribution in [2.75, 3.05) is 18.3 Å². The first-order chi connectivity index (χ1) is 12.8. The fraction of sp³-hybridized carbons (Fsp3) is 0.0952. The van der Waals surface area contributed by atoms with E-state index in [0.717, 1.165) is 11.4 Å². The van der Waals surface area contributed by atoms with Crippen LogP contribution in [0.25, 0.3) is 0 Å². The van der Waals surface area contributed by atoms with E-state index < -0.39 is 0 Å². The van der Waals surface area contributed by atoms with Gasteiger partial charge in [-0.1, -0.05) is 36.4 Å². The molecule has 0 fully saturated rings. The zero-order valence-corrected chi connectivity index (χ0v) is 14.0. The van der Waals surface area contributed by atoms with E-state index >= 15 is 0 Å². The zero-order valence-electron chi connectivity index (χ0n) is 14.0. The third-order valence-corrected chi connectivity index (χ3v) is 3.98. The molecule has 0 atom stereocenters. The van der Waals surface area contributed by atoms with Crippen molar-refractivity contribution in [1.29, 1.82) is 0 Å². The average Bonchev–Trinajstić information content (AvgIpc) is 3.16. The van der Waals surface area contributed by atoms with Crippen molar-refractivity contribution in [1.82, 2.24) is 0 Å². The molecule has 0 unspecified atom stereocenters. The van der Waals surface area contributed by atoms with Gasteiger partial charge in [0.1, 0.15) is 5.75 Å². The van der Waals surface area contributed by atoms with Gasteiger partial charge in [0.05, 0.1) is 0 Å². The number of carbonyl (C=O) groups is 1. The quantitative estimate of drug-likeness (QED) is 0.695. The molecule has 3 aromatic rings. The number of benzene rings is 3. The van der Waals surface area contributed by atoms with Gasteiger partial charge in [-0.25, -0.2) is 0 Å². The highest BCUT2D eigenvalue weighted by Gasteiger charge is 2.19. The van der Waals surface area contributed by atoms with E-state index in [1.807, 2.05) is 60.7 Å². The summed E-state index contributed by atoms with van der Waals surface area (Å²) in [5, 5.41) is 0. The molecule has 5 heteroatoms. The van der Waals surface area contributed by atoms with E-state index in [2.05, 4.69) is 0 Å². The predicted octanol–water partition coefficient (Wildman–Crippen LogP) is 4.16. The van der Waals surface area contributed by atoms with Gasteiger partial charge in [-0.2, -0.15) is 0 Å². The minimum atomic E-state index is -0.167. The normalized spacial score (nSPS) is 11.8. The van der Waals surface area contributed by atoms with Gasteiger partial charge < -0.3 is 14.2 Å². The van der Waals surface area contributed by atoms with E-state index in [1.165, 1.54) is 0 Å². The van der Waals surface area contributed by atoms with Crippen LogP contribution in [0.1, 0.15) is 0 Å². The number of hydrogen-bond acceptors (Lipinski definition) is 4. The first-order valence-corrected chi connectivity index (χ1v) is 8.27. The topological polar surface area (TPSA) is 48.0 Å². The van der Waals surface area contributed by atoms with Gasteiger partial charge in [-0.15, -0.1) is 0 Å².